The van der Waals surface area contributed by atoms with Crippen LogP contribution in [0.5, 0.6) is 5.75 Å². The number of halogens is 1. The van der Waals surface area contributed by atoms with E-state index in [1.54, 1.807) is 24.0 Å². The minimum Gasteiger partial charge on any atom is -0.494 e. The highest BCUT2D eigenvalue weighted by Gasteiger charge is 2.36. The van der Waals surface area contributed by atoms with Crippen molar-refractivity contribution in [1.29, 1.82) is 0 Å². The predicted molar refractivity (Wildman–Crippen MR) is 156 cm³/mol. The minimum atomic E-state index is -0.526. The van der Waals surface area contributed by atoms with Gasteiger partial charge in [-0.15, -0.1) is 0 Å². The number of likely N-dealkylation sites (tertiary alicyclic amines) is 1. The number of methoxy groups -OCH3 is 1. The largest absolute Gasteiger partial charge is 0.494 e. The third-order valence-electron chi connectivity index (χ3n) is 8.43. The molecular weight excluding hydrogens is 539 g/mol. The summed E-state index contributed by atoms with van der Waals surface area (Å²) in [4.78, 5) is 34.0. The van der Waals surface area contributed by atoms with E-state index >= 15 is 0 Å². The number of aromatic nitrogens is 3. The van der Waals surface area contributed by atoms with Crippen LogP contribution in [0.1, 0.15) is 62.2 Å². The molecule has 4 aromatic rings. The van der Waals surface area contributed by atoms with E-state index in [1.165, 1.54) is 13.2 Å². The minimum absolute atomic E-state index is 0.0787. The average Bonchev–Trinajstić information content (AvgIpc) is 3.51. The van der Waals surface area contributed by atoms with Gasteiger partial charge in [0.05, 0.1) is 18.8 Å². The molecule has 2 fully saturated rings. The van der Waals surface area contributed by atoms with E-state index in [0.29, 0.717) is 43.7 Å². The molecule has 2 amide bonds. The number of amides is 2. The molecule has 2 aliphatic heterocycles. The van der Waals surface area contributed by atoms with Crippen LogP contribution in [-0.2, 0) is 9.59 Å². The highest BCUT2D eigenvalue weighted by molar-refractivity contribution is 5.95. The Labute approximate surface area is 243 Å². The number of pyridine rings is 1. The van der Waals surface area contributed by atoms with Gasteiger partial charge in [0.15, 0.2) is 11.6 Å². The van der Waals surface area contributed by atoms with Gasteiger partial charge in [0, 0.05) is 56.0 Å². The van der Waals surface area contributed by atoms with Crippen LogP contribution in [0.4, 0.5) is 15.9 Å². The van der Waals surface area contributed by atoms with E-state index < -0.39 is 11.9 Å². The summed E-state index contributed by atoms with van der Waals surface area (Å²) in [5.74, 6) is 1.13. The predicted octanol–water partition coefficient (Wildman–Crippen LogP) is 5.43. The number of hydrogen-bond acceptors (Lipinski definition) is 7. The number of rotatable bonds is 6. The van der Waals surface area contributed by atoms with Gasteiger partial charge < -0.3 is 24.4 Å². The first-order chi connectivity index (χ1) is 20.2. The number of benzene rings is 1. The summed E-state index contributed by atoms with van der Waals surface area (Å²) in [5.41, 5.74) is 4.57. The van der Waals surface area contributed by atoms with E-state index in [0.717, 1.165) is 46.9 Å². The first-order valence-corrected chi connectivity index (χ1v) is 14.4. The van der Waals surface area contributed by atoms with Crippen molar-refractivity contribution in [3.63, 3.8) is 0 Å². The van der Waals surface area contributed by atoms with Crippen molar-refractivity contribution in [2.45, 2.75) is 65.0 Å². The lowest BCUT2D eigenvalue weighted by Gasteiger charge is -2.36. The van der Waals surface area contributed by atoms with Crippen molar-refractivity contribution in [2.24, 2.45) is 0 Å². The normalized spacial score (nSPS) is 18.1. The zero-order chi connectivity index (χ0) is 29.5. The zero-order valence-corrected chi connectivity index (χ0v) is 24.3. The van der Waals surface area contributed by atoms with Gasteiger partial charge in [0.2, 0.25) is 11.8 Å². The number of imidazole rings is 1. The summed E-state index contributed by atoms with van der Waals surface area (Å²) < 4.78 is 27.4. The highest BCUT2D eigenvalue weighted by atomic mass is 19.1. The summed E-state index contributed by atoms with van der Waals surface area (Å²) in [6, 6.07) is 8.34. The van der Waals surface area contributed by atoms with Crippen molar-refractivity contribution in [1.82, 2.24) is 19.4 Å². The Balaban J connectivity index is 1.44. The number of nitrogens with zero attached hydrogens (tertiary/aromatic N) is 5. The lowest BCUT2D eigenvalue weighted by atomic mass is 9.97. The van der Waals surface area contributed by atoms with Gasteiger partial charge in [0.1, 0.15) is 22.9 Å². The maximum absolute atomic E-state index is 14.8. The van der Waals surface area contributed by atoms with Crippen LogP contribution < -0.4 is 15.0 Å². The third-order valence-corrected chi connectivity index (χ3v) is 8.43. The number of nitrogens with one attached hydrogen (secondary N) is 1. The molecule has 2 aliphatic rings. The molecule has 1 atom stereocenters. The molecule has 6 rings (SSSR count). The second kappa shape index (κ2) is 11.1. The first kappa shape index (κ1) is 27.7. The van der Waals surface area contributed by atoms with E-state index in [-0.39, 0.29) is 23.6 Å². The number of carbonyl (C=O) groups excluding carboxylic acids is 2. The third kappa shape index (κ3) is 4.97. The summed E-state index contributed by atoms with van der Waals surface area (Å²) >= 11 is 0. The van der Waals surface area contributed by atoms with Crippen LogP contribution >= 0.6 is 0 Å². The van der Waals surface area contributed by atoms with Gasteiger partial charge in [-0.2, -0.15) is 0 Å². The molecule has 5 heterocycles. The maximum Gasteiger partial charge on any atom is 0.227 e. The SMILES string of the molecule is COc1ccc(N2C(=O)CCC[C@H]2c2nc3cc(-c4c(C)noc4C)ccn3c2NC2CCN(C(C)=O)CC2)cc1F. The summed E-state index contributed by atoms with van der Waals surface area (Å²) in [6.07, 6.45) is 5.31. The number of aryl methyl sites for hydroxylation is 2. The van der Waals surface area contributed by atoms with Crippen LogP contribution in [0.3, 0.4) is 0 Å². The van der Waals surface area contributed by atoms with Crippen LogP contribution in [0.2, 0.25) is 0 Å². The molecule has 11 heteroatoms. The summed E-state index contributed by atoms with van der Waals surface area (Å²) in [7, 11) is 1.42. The lowest BCUT2D eigenvalue weighted by molar-refractivity contribution is -0.129. The molecule has 0 saturated carbocycles. The Bertz CT molecular complexity index is 1640. The molecule has 10 nitrogen and oxygen atoms in total. The zero-order valence-electron chi connectivity index (χ0n) is 24.3. The fourth-order valence-corrected chi connectivity index (χ4v) is 6.28. The Morgan fingerprint density at radius 3 is 2.60 bits per heavy atom. The Morgan fingerprint density at radius 2 is 1.93 bits per heavy atom. The molecule has 2 saturated heterocycles. The molecule has 0 bridgehead atoms. The molecular formula is C31H35FN6O4. The lowest BCUT2D eigenvalue weighted by Crippen LogP contribution is -2.42. The topological polar surface area (TPSA) is 105 Å². The number of hydrogen-bond donors (Lipinski definition) is 1. The molecule has 3 aromatic heterocycles. The van der Waals surface area contributed by atoms with Gasteiger partial charge in [-0.3, -0.25) is 14.0 Å². The summed E-state index contributed by atoms with van der Waals surface area (Å²) in [5, 5.41) is 7.83. The van der Waals surface area contributed by atoms with Crippen LogP contribution in [0, 0.1) is 19.7 Å². The Hall–Kier alpha value is -4.41. The van der Waals surface area contributed by atoms with Gasteiger partial charge in [-0.1, -0.05) is 5.16 Å². The van der Waals surface area contributed by atoms with Crippen molar-refractivity contribution in [3.8, 4) is 16.9 Å². The van der Waals surface area contributed by atoms with Crippen molar-refractivity contribution in [3.05, 3.63) is 59.5 Å². The number of piperidine rings is 2. The second-order valence-electron chi connectivity index (χ2n) is 11.1. The second-order valence-corrected chi connectivity index (χ2v) is 11.1. The quantitative estimate of drug-likeness (QED) is 0.327. The van der Waals surface area contributed by atoms with E-state index in [9.17, 15) is 14.0 Å². The number of fused-ring (bicyclic) bond motifs is 1. The molecule has 0 aliphatic carbocycles. The number of carbonyl (C=O) groups is 2. The molecule has 0 radical (unpaired) electrons. The Kier molecular flexibility index (Phi) is 7.34. The maximum atomic E-state index is 14.8. The van der Waals surface area contributed by atoms with Gasteiger partial charge in [-0.05, 0) is 69.4 Å². The molecule has 1 aromatic carbocycles. The standard InChI is InChI=1S/C31H35FN6O4/c1-18-29(19(2)42-35-18)21-10-15-37-27(16-21)34-30(31(37)33-22-11-13-36(14-12-22)20(3)39)25-6-5-7-28(40)38(25)23-8-9-26(41-4)24(32)17-23/h8-10,15-17,22,25,33H,5-7,11-14H2,1-4H3/t25-/m0/s1. The first-order valence-electron chi connectivity index (χ1n) is 14.4. The molecule has 0 spiro atoms. The number of ether oxygens (including phenoxy) is 1. The van der Waals surface area contributed by atoms with Crippen LogP contribution in [0.15, 0.2) is 41.1 Å². The van der Waals surface area contributed by atoms with Gasteiger partial charge in [0.25, 0.3) is 0 Å². The molecule has 220 valence electrons. The van der Waals surface area contributed by atoms with Crippen molar-refractivity contribution in [2.75, 3.05) is 30.4 Å². The van der Waals surface area contributed by atoms with Crippen molar-refractivity contribution >= 4 is 29.0 Å². The van der Waals surface area contributed by atoms with Crippen molar-refractivity contribution < 1.29 is 23.2 Å². The smallest absolute Gasteiger partial charge is 0.227 e. The van der Waals surface area contributed by atoms with E-state index in [4.69, 9.17) is 14.2 Å². The molecule has 1 N–H and O–H groups in total. The number of anilines is 2. The van der Waals surface area contributed by atoms with E-state index in [2.05, 4.69) is 10.5 Å². The van der Waals surface area contributed by atoms with Crippen LogP contribution in [-0.4, -0.2) is 57.5 Å². The van der Waals surface area contributed by atoms with Gasteiger partial charge >= 0.3 is 0 Å². The fourth-order valence-electron chi connectivity index (χ4n) is 6.28. The molecule has 42 heavy (non-hydrogen) atoms. The summed E-state index contributed by atoms with van der Waals surface area (Å²) in [6.45, 7) is 6.75. The van der Waals surface area contributed by atoms with Crippen LogP contribution in [0.25, 0.3) is 16.8 Å². The molecule has 0 unspecified atom stereocenters. The highest BCUT2D eigenvalue weighted by Crippen LogP contribution is 2.41. The monoisotopic (exact) mass is 574 g/mol. The Morgan fingerprint density at radius 1 is 1.14 bits per heavy atom. The van der Waals surface area contributed by atoms with E-state index in [1.807, 2.05) is 41.5 Å². The fraction of sp³-hybridized carbons (Fsp3) is 0.419. The average molecular weight is 575 g/mol. The van der Waals surface area contributed by atoms with Gasteiger partial charge in [-0.25, -0.2) is 9.37 Å².